The van der Waals surface area contributed by atoms with Crippen molar-refractivity contribution in [1.82, 2.24) is 0 Å². The van der Waals surface area contributed by atoms with Crippen LogP contribution >= 0.6 is 0 Å². The van der Waals surface area contributed by atoms with Crippen LogP contribution in [0.5, 0.6) is 0 Å². The van der Waals surface area contributed by atoms with Gasteiger partial charge in [0.25, 0.3) is 5.69 Å². The molecule has 1 rings (SSSR count). The Hall–Kier alpha value is -2.62. The highest BCUT2D eigenvalue weighted by atomic mass is 16.6. The minimum absolute atomic E-state index is 0.129. The number of rotatable bonds is 5. The summed E-state index contributed by atoms with van der Waals surface area (Å²) < 4.78 is 0. The summed E-state index contributed by atoms with van der Waals surface area (Å²) in [5.41, 5.74) is -1.18. The second kappa shape index (κ2) is 5.57. The van der Waals surface area contributed by atoms with Gasteiger partial charge in [0, 0.05) is 12.6 Å². The molecule has 1 aromatic rings. The molecule has 20 heavy (non-hydrogen) atoms. The molecule has 0 saturated heterocycles. The Morgan fingerprint density at radius 2 is 2.15 bits per heavy atom. The highest BCUT2D eigenvalue weighted by Crippen LogP contribution is 2.33. The molecule has 0 spiro atoms. The fraction of sp³-hybridized carbons (Fsp3) is 0.385. The number of benzene rings is 1. The van der Waals surface area contributed by atoms with Crippen LogP contribution < -0.4 is 4.90 Å². The first-order chi connectivity index (χ1) is 9.25. The molecule has 0 aromatic heterocycles. The standard InChI is InChI=1S/C13H15N3O4/c1-4-15(13(2,3)12(17)18)11-7-9(8-14)5-6-10(11)16(19)20/h5-7H,4H2,1-3H3,(H,17,18). The average molecular weight is 277 g/mol. The van der Waals surface area contributed by atoms with E-state index in [9.17, 15) is 20.0 Å². The van der Waals surface area contributed by atoms with Gasteiger partial charge >= 0.3 is 5.97 Å². The number of anilines is 1. The predicted octanol–water partition coefficient (Wildman–Crippen LogP) is 2.16. The van der Waals surface area contributed by atoms with Gasteiger partial charge in [0.05, 0.1) is 16.6 Å². The zero-order chi connectivity index (χ0) is 15.5. The van der Waals surface area contributed by atoms with Gasteiger partial charge in [-0.05, 0) is 32.9 Å². The van der Waals surface area contributed by atoms with E-state index < -0.39 is 16.4 Å². The Labute approximate surface area is 116 Å². The van der Waals surface area contributed by atoms with Gasteiger partial charge in [-0.1, -0.05) is 0 Å². The molecule has 0 aliphatic rings. The number of carbonyl (C=O) groups is 1. The summed E-state index contributed by atoms with van der Waals surface area (Å²) in [5, 5.41) is 29.3. The highest BCUT2D eigenvalue weighted by Gasteiger charge is 2.37. The third kappa shape index (κ3) is 2.69. The Morgan fingerprint density at radius 3 is 2.55 bits per heavy atom. The summed E-state index contributed by atoms with van der Waals surface area (Å²) in [5.74, 6) is -1.10. The summed E-state index contributed by atoms with van der Waals surface area (Å²) in [4.78, 5) is 23.3. The lowest BCUT2D eigenvalue weighted by Crippen LogP contribution is -2.50. The Kier molecular flexibility index (Phi) is 4.30. The lowest BCUT2D eigenvalue weighted by molar-refractivity contribution is -0.384. The van der Waals surface area contributed by atoms with Crippen LogP contribution in [0.15, 0.2) is 18.2 Å². The van der Waals surface area contributed by atoms with Crippen molar-refractivity contribution >= 4 is 17.3 Å². The topological polar surface area (TPSA) is 107 Å². The fourth-order valence-electron chi connectivity index (χ4n) is 1.95. The maximum atomic E-state index is 11.4. The van der Waals surface area contributed by atoms with E-state index in [-0.39, 0.29) is 23.5 Å². The quantitative estimate of drug-likeness (QED) is 0.652. The van der Waals surface area contributed by atoms with Crippen LogP contribution in [-0.2, 0) is 4.79 Å². The molecule has 0 bridgehead atoms. The molecule has 7 heteroatoms. The molecule has 0 heterocycles. The van der Waals surface area contributed by atoms with Gasteiger partial charge in [-0.2, -0.15) is 5.26 Å². The maximum absolute atomic E-state index is 11.4. The Morgan fingerprint density at radius 1 is 1.55 bits per heavy atom. The van der Waals surface area contributed by atoms with E-state index in [1.807, 2.05) is 6.07 Å². The zero-order valence-corrected chi connectivity index (χ0v) is 11.5. The van der Waals surface area contributed by atoms with E-state index in [2.05, 4.69) is 0 Å². The smallest absolute Gasteiger partial charge is 0.328 e. The number of hydrogen-bond acceptors (Lipinski definition) is 5. The number of nitriles is 1. The summed E-state index contributed by atoms with van der Waals surface area (Å²) in [6, 6.07) is 5.79. The van der Waals surface area contributed by atoms with Crippen LogP contribution in [0.25, 0.3) is 0 Å². The van der Waals surface area contributed by atoms with E-state index in [4.69, 9.17) is 5.26 Å². The van der Waals surface area contributed by atoms with Gasteiger partial charge in [-0.15, -0.1) is 0 Å². The number of aliphatic carboxylic acids is 1. The molecule has 0 aliphatic heterocycles. The van der Waals surface area contributed by atoms with Crippen molar-refractivity contribution in [1.29, 1.82) is 5.26 Å². The van der Waals surface area contributed by atoms with Crippen molar-refractivity contribution in [2.45, 2.75) is 26.3 Å². The fourth-order valence-corrected chi connectivity index (χ4v) is 1.95. The van der Waals surface area contributed by atoms with Gasteiger partial charge in [-0.25, -0.2) is 4.79 Å². The number of nitro groups is 1. The van der Waals surface area contributed by atoms with E-state index in [0.717, 1.165) is 0 Å². The van der Waals surface area contributed by atoms with Crippen molar-refractivity contribution in [3.05, 3.63) is 33.9 Å². The third-order valence-electron chi connectivity index (χ3n) is 3.11. The number of likely N-dealkylation sites (N-methyl/N-ethyl adjacent to an activating group) is 1. The molecule has 0 radical (unpaired) electrons. The lowest BCUT2D eigenvalue weighted by atomic mass is 10.0. The first-order valence-corrected chi connectivity index (χ1v) is 5.95. The molecule has 0 saturated carbocycles. The molecule has 0 amide bonds. The summed E-state index contributed by atoms with van der Waals surface area (Å²) >= 11 is 0. The monoisotopic (exact) mass is 277 g/mol. The SMILES string of the molecule is CCN(c1cc(C#N)ccc1[N+](=O)[O-])C(C)(C)C(=O)O. The van der Waals surface area contributed by atoms with Gasteiger partial charge in [0.1, 0.15) is 11.2 Å². The summed E-state index contributed by atoms with van der Waals surface area (Å²) in [6.07, 6.45) is 0. The van der Waals surface area contributed by atoms with Crippen LogP contribution in [0.1, 0.15) is 26.3 Å². The van der Waals surface area contributed by atoms with Crippen LogP contribution in [0.2, 0.25) is 0 Å². The first-order valence-electron chi connectivity index (χ1n) is 5.95. The van der Waals surface area contributed by atoms with Crippen LogP contribution in [0, 0.1) is 21.4 Å². The number of carboxylic acid groups (broad SMARTS) is 1. The van der Waals surface area contributed by atoms with Crippen LogP contribution in [0.3, 0.4) is 0 Å². The minimum Gasteiger partial charge on any atom is -0.480 e. The molecule has 1 aromatic carbocycles. The van der Waals surface area contributed by atoms with Crippen molar-refractivity contribution < 1.29 is 14.8 Å². The largest absolute Gasteiger partial charge is 0.480 e. The average Bonchev–Trinajstić information content (AvgIpc) is 2.38. The second-order valence-electron chi connectivity index (χ2n) is 4.68. The summed E-state index contributed by atoms with van der Waals surface area (Å²) in [6.45, 7) is 4.88. The predicted molar refractivity (Wildman–Crippen MR) is 72.5 cm³/mol. The number of carboxylic acids is 1. The van der Waals surface area contributed by atoms with Crippen LogP contribution in [-0.4, -0.2) is 28.1 Å². The second-order valence-corrected chi connectivity index (χ2v) is 4.68. The van der Waals surface area contributed by atoms with Crippen molar-refractivity contribution in [2.75, 3.05) is 11.4 Å². The Bertz CT molecular complexity index is 590. The van der Waals surface area contributed by atoms with Crippen molar-refractivity contribution in [3.63, 3.8) is 0 Å². The molecule has 106 valence electrons. The van der Waals surface area contributed by atoms with Gasteiger partial charge in [0.2, 0.25) is 0 Å². The number of hydrogen-bond donors (Lipinski definition) is 1. The van der Waals surface area contributed by atoms with Gasteiger partial charge in [0.15, 0.2) is 0 Å². The van der Waals surface area contributed by atoms with E-state index in [1.165, 1.54) is 36.9 Å². The molecule has 0 aliphatic carbocycles. The molecular weight excluding hydrogens is 262 g/mol. The minimum atomic E-state index is -1.33. The molecule has 0 fully saturated rings. The number of nitrogens with zero attached hydrogens (tertiary/aromatic N) is 3. The first kappa shape index (κ1) is 15.4. The van der Waals surface area contributed by atoms with Gasteiger partial charge in [-0.3, -0.25) is 10.1 Å². The van der Waals surface area contributed by atoms with E-state index >= 15 is 0 Å². The van der Waals surface area contributed by atoms with Crippen molar-refractivity contribution in [2.24, 2.45) is 0 Å². The van der Waals surface area contributed by atoms with E-state index in [1.54, 1.807) is 6.92 Å². The lowest BCUT2D eigenvalue weighted by Gasteiger charge is -2.35. The van der Waals surface area contributed by atoms with E-state index in [0.29, 0.717) is 0 Å². The molecule has 7 nitrogen and oxygen atoms in total. The maximum Gasteiger partial charge on any atom is 0.328 e. The zero-order valence-electron chi connectivity index (χ0n) is 11.5. The summed E-state index contributed by atoms with van der Waals surface area (Å²) in [7, 11) is 0. The van der Waals surface area contributed by atoms with Crippen molar-refractivity contribution in [3.8, 4) is 6.07 Å². The molecule has 1 N–H and O–H groups in total. The molecule has 0 atom stereocenters. The van der Waals surface area contributed by atoms with Crippen LogP contribution in [0.4, 0.5) is 11.4 Å². The third-order valence-corrected chi connectivity index (χ3v) is 3.11. The molecular formula is C13H15N3O4. The molecule has 0 unspecified atom stereocenters. The number of nitro benzene ring substituents is 1. The normalized spacial score (nSPS) is 10.7. The highest BCUT2D eigenvalue weighted by molar-refractivity contribution is 5.84. The van der Waals surface area contributed by atoms with Gasteiger partial charge < -0.3 is 10.0 Å². The Balaban J connectivity index is 3.52.